The molecule has 0 radical (unpaired) electrons. The number of amides is 3. The number of methoxy groups -OCH3 is 1. The summed E-state index contributed by atoms with van der Waals surface area (Å²) in [5.74, 6) is 0.482. The smallest absolute Gasteiger partial charge is 0.252 e. The molecule has 3 amide bonds. The Morgan fingerprint density at radius 3 is 2.29 bits per heavy atom. The van der Waals surface area contributed by atoms with Crippen LogP contribution >= 0.6 is 0 Å². The summed E-state index contributed by atoms with van der Waals surface area (Å²) in [5, 5.41) is 5.56. The molecule has 0 unspecified atom stereocenters. The number of fused-ring (bicyclic) bond motifs is 1. The van der Waals surface area contributed by atoms with Crippen LogP contribution in [0.2, 0.25) is 0 Å². The molecule has 0 fully saturated rings. The number of nitrogens with zero attached hydrogens (tertiary/aromatic N) is 2. The normalized spacial score (nSPS) is 12.6. The fourth-order valence-electron chi connectivity index (χ4n) is 4.89. The van der Waals surface area contributed by atoms with Gasteiger partial charge in [-0.15, -0.1) is 0 Å². The van der Waals surface area contributed by atoms with Crippen molar-refractivity contribution in [2.24, 2.45) is 10.7 Å². The van der Waals surface area contributed by atoms with Crippen molar-refractivity contribution in [2.75, 3.05) is 37.1 Å². The Labute approximate surface area is 293 Å². The molecule has 2 aromatic rings. The van der Waals surface area contributed by atoms with Crippen molar-refractivity contribution >= 4 is 40.6 Å². The van der Waals surface area contributed by atoms with Gasteiger partial charge in [-0.1, -0.05) is 64.6 Å². The summed E-state index contributed by atoms with van der Waals surface area (Å²) in [6.45, 7) is 21.7. The number of rotatable bonds is 14. The number of aliphatic imine (C=N–C) groups is 1. The van der Waals surface area contributed by atoms with Crippen molar-refractivity contribution in [3.05, 3.63) is 84.1 Å². The van der Waals surface area contributed by atoms with Crippen LogP contribution in [0, 0.1) is 6.92 Å². The van der Waals surface area contributed by atoms with E-state index >= 15 is 0 Å². The largest absolute Gasteiger partial charge is 0.496 e. The van der Waals surface area contributed by atoms with Crippen molar-refractivity contribution < 1.29 is 23.9 Å². The first-order valence-corrected chi connectivity index (χ1v) is 17.0. The molecule has 0 aliphatic carbocycles. The van der Waals surface area contributed by atoms with Gasteiger partial charge in [0.2, 0.25) is 11.8 Å². The summed E-state index contributed by atoms with van der Waals surface area (Å²) in [5.41, 5.74) is 10.5. The molecule has 10 heteroatoms. The highest BCUT2D eigenvalue weighted by Crippen LogP contribution is 2.36. The Morgan fingerprint density at radius 2 is 1.73 bits per heavy atom. The second kappa shape index (κ2) is 23.6. The van der Waals surface area contributed by atoms with Crippen LogP contribution in [0.15, 0.2) is 78.0 Å². The van der Waals surface area contributed by atoms with E-state index in [0.29, 0.717) is 23.5 Å². The maximum absolute atomic E-state index is 12.3. The number of nitrogens with one attached hydrogen (secondary N) is 2. The molecule has 0 spiro atoms. The molecule has 2 aromatic carbocycles. The lowest BCUT2D eigenvalue weighted by atomic mass is 10.0. The minimum Gasteiger partial charge on any atom is -0.496 e. The second-order valence-corrected chi connectivity index (χ2v) is 11.4. The molecule has 1 heterocycles. The zero-order valence-corrected chi connectivity index (χ0v) is 30.6. The number of carbonyl (C=O) groups is 3. The number of hydrogen-bond donors (Lipinski definition) is 3. The molecular formula is C39H57N5O5. The molecule has 0 aromatic heterocycles. The summed E-state index contributed by atoms with van der Waals surface area (Å²) in [7, 11) is 1.71. The van der Waals surface area contributed by atoms with E-state index in [1.165, 1.54) is 5.56 Å². The van der Waals surface area contributed by atoms with Gasteiger partial charge in [0, 0.05) is 37.4 Å². The number of ether oxygens (including phenoxy) is 2. The molecule has 0 saturated carbocycles. The monoisotopic (exact) mass is 675 g/mol. The van der Waals surface area contributed by atoms with Gasteiger partial charge in [-0.2, -0.15) is 0 Å². The van der Waals surface area contributed by atoms with E-state index in [9.17, 15) is 14.4 Å². The van der Waals surface area contributed by atoms with Gasteiger partial charge in [0.15, 0.2) is 0 Å². The highest BCUT2D eigenvalue weighted by molar-refractivity contribution is 6.21. The summed E-state index contributed by atoms with van der Waals surface area (Å²) < 4.78 is 10.7. The number of anilines is 2. The van der Waals surface area contributed by atoms with Crippen molar-refractivity contribution in [1.82, 2.24) is 5.32 Å². The number of nitrogens with two attached hydrogens (primary N) is 1. The number of para-hydroxylation sites is 2. The maximum Gasteiger partial charge on any atom is 0.252 e. The summed E-state index contributed by atoms with van der Waals surface area (Å²) >= 11 is 0. The maximum atomic E-state index is 12.3. The van der Waals surface area contributed by atoms with E-state index in [2.05, 4.69) is 68.6 Å². The van der Waals surface area contributed by atoms with Crippen molar-refractivity contribution in [3.63, 3.8) is 0 Å². The predicted octanol–water partition coefficient (Wildman–Crippen LogP) is 7.69. The molecule has 0 atom stereocenters. The molecule has 10 nitrogen and oxygen atoms in total. The third-order valence-electron chi connectivity index (χ3n) is 7.20. The van der Waals surface area contributed by atoms with Gasteiger partial charge in [0.1, 0.15) is 11.6 Å². The lowest BCUT2D eigenvalue weighted by molar-refractivity contribution is -0.118. The van der Waals surface area contributed by atoms with Crippen molar-refractivity contribution in [3.8, 4) is 5.75 Å². The minimum absolute atomic E-state index is 0.220. The lowest BCUT2D eigenvalue weighted by Gasteiger charge is -2.24. The Hall–Kier alpha value is -4.70. The van der Waals surface area contributed by atoms with Gasteiger partial charge < -0.3 is 30.7 Å². The first kappa shape index (κ1) is 42.3. The van der Waals surface area contributed by atoms with E-state index in [-0.39, 0.29) is 23.2 Å². The Balaban J connectivity index is 0.000000415. The van der Waals surface area contributed by atoms with Gasteiger partial charge in [0.05, 0.1) is 29.7 Å². The molecule has 1 aliphatic rings. The fourth-order valence-corrected chi connectivity index (χ4v) is 4.89. The van der Waals surface area contributed by atoms with E-state index in [0.717, 1.165) is 81.4 Å². The molecule has 0 saturated heterocycles. The summed E-state index contributed by atoms with van der Waals surface area (Å²) in [6, 6.07) is 11.0. The Morgan fingerprint density at radius 1 is 1.06 bits per heavy atom. The van der Waals surface area contributed by atoms with Gasteiger partial charge >= 0.3 is 0 Å². The molecule has 268 valence electrons. The van der Waals surface area contributed by atoms with Crippen LogP contribution in [-0.2, 0) is 25.5 Å². The number of benzene rings is 2. The average Bonchev–Trinajstić information content (AvgIpc) is 3.23. The molecule has 1 aliphatic heterocycles. The Bertz CT molecular complexity index is 1460. The number of primary amides is 1. The van der Waals surface area contributed by atoms with Crippen LogP contribution in [0.1, 0.15) is 84.3 Å². The number of hydrogen-bond acceptors (Lipinski definition) is 6. The Kier molecular flexibility index (Phi) is 20.4. The van der Waals surface area contributed by atoms with Crippen LogP contribution in [0.4, 0.5) is 17.1 Å². The number of unbranched alkanes of at least 4 members (excludes halogenated alkanes) is 1. The first-order valence-electron chi connectivity index (χ1n) is 17.0. The highest BCUT2D eigenvalue weighted by Gasteiger charge is 2.24. The summed E-state index contributed by atoms with van der Waals surface area (Å²) in [6.07, 6.45) is 9.61. The third-order valence-corrected chi connectivity index (χ3v) is 7.20. The van der Waals surface area contributed by atoms with E-state index in [4.69, 9.17) is 15.2 Å². The molecular weight excluding hydrogens is 618 g/mol. The van der Waals surface area contributed by atoms with Crippen LogP contribution in [0.3, 0.4) is 0 Å². The molecule has 3 rings (SSSR count). The topological polar surface area (TPSA) is 135 Å². The predicted molar refractivity (Wildman–Crippen MR) is 203 cm³/mol. The van der Waals surface area contributed by atoms with E-state index in [1.54, 1.807) is 51.3 Å². The van der Waals surface area contributed by atoms with Crippen LogP contribution in [0.25, 0.3) is 0 Å². The number of aryl methyl sites for hydroxylation is 1. The molecule has 49 heavy (non-hydrogen) atoms. The second-order valence-electron chi connectivity index (χ2n) is 11.4. The molecule has 0 bridgehead atoms. The van der Waals surface area contributed by atoms with Crippen LogP contribution in [-0.4, -0.2) is 50.4 Å². The average molecular weight is 676 g/mol. The summed E-state index contributed by atoms with van der Waals surface area (Å²) in [4.78, 5) is 41.7. The zero-order valence-electron chi connectivity index (χ0n) is 30.6. The van der Waals surface area contributed by atoms with Crippen molar-refractivity contribution in [1.29, 1.82) is 0 Å². The number of allylic oxidation sites excluding steroid dienone is 2. The minimum atomic E-state index is -0.618. The highest BCUT2D eigenvalue weighted by atomic mass is 16.5. The van der Waals surface area contributed by atoms with Crippen LogP contribution < -0.4 is 26.0 Å². The van der Waals surface area contributed by atoms with Gasteiger partial charge in [-0.05, 0) is 82.7 Å². The van der Waals surface area contributed by atoms with Gasteiger partial charge in [-0.25, -0.2) is 4.99 Å². The van der Waals surface area contributed by atoms with Crippen LogP contribution in [0.5, 0.6) is 5.75 Å². The van der Waals surface area contributed by atoms with Gasteiger partial charge in [0.25, 0.3) is 5.91 Å². The quantitative estimate of drug-likeness (QED) is 0.0813. The SMILES string of the molecule is C=CC(=O)Nc1ccccc1N=C(NC(=C)C)/C(=C\C)C(N)=O.CCCCN1C(=O)CCCc2c1ccc(C)c2OC.CCCOCCC. The number of carbonyl (C=O) groups excluding carboxylic acids is 3. The fraction of sp³-hybridized carbons (Fsp3) is 0.436. The van der Waals surface area contributed by atoms with E-state index < -0.39 is 5.91 Å². The lowest BCUT2D eigenvalue weighted by Crippen LogP contribution is -2.31. The third kappa shape index (κ3) is 14.5. The molecule has 4 N–H and O–H groups in total. The standard InChI is InChI=1S/C17H20N4O2.C16H23NO2.C6H14O/c1-5-12(16(18)23)17(19-11(3)4)21-14-10-8-7-9-13(14)20-15(22)6-2;1-4-5-11-17-14-10-9-12(2)16(19-3)13(14)7-6-8-15(17)18;1-3-5-7-6-4-2/h5-10H,2-3H2,1,4H3,(H2,18,23)(H,19,21)(H,20,22);9-10H,4-8,11H2,1-3H3;3-6H2,1-2H3/b12-5-;;. The van der Waals surface area contributed by atoms with Gasteiger partial charge in [-0.3, -0.25) is 14.4 Å². The van der Waals surface area contributed by atoms with E-state index in [1.807, 2.05) is 4.90 Å². The first-order chi connectivity index (χ1) is 23.5. The zero-order chi connectivity index (χ0) is 36.8. The van der Waals surface area contributed by atoms with Crippen molar-refractivity contribution in [2.45, 2.75) is 86.5 Å². The number of amidine groups is 1.